The quantitative estimate of drug-likeness (QED) is 0.239. The Morgan fingerprint density at radius 1 is 1.02 bits per heavy atom. The highest BCUT2D eigenvalue weighted by Gasteiger charge is 2.33. The standard InChI is InChI=1S/C31H21BrClN3O3S/c1-18-27(29(37)35-21-7-3-2-4-8-21)28(23-9-5-6-10-24(23)33)36-30(38)26(40-31(36)34-18)17-22-15-16-25(39-22)19-11-13-20(32)14-12-19/h2-17,28H,1H3,(H,35,37). The third-order valence-electron chi connectivity index (χ3n) is 6.53. The number of hydrogen-bond donors (Lipinski definition) is 1. The molecule has 1 aliphatic heterocycles. The van der Waals surface area contributed by atoms with Crippen molar-refractivity contribution in [2.24, 2.45) is 4.99 Å². The fraction of sp³-hybridized carbons (Fsp3) is 0.0645. The number of aromatic nitrogens is 1. The molecular weight excluding hydrogens is 610 g/mol. The maximum absolute atomic E-state index is 13.9. The number of nitrogens with zero attached hydrogens (tertiary/aromatic N) is 2. The van der Waals surface area contributed by atoms with Gasteiger partial charge < -0.3 is 9.73 Å². The van der Waals surface area contributed by atoms with Gasteiger partial charge in [-0.15, -0.1) is 0 Å². The first-order valence-corrected chi connectivity index (χ1v) is 14.4. The number of furan rings is 1. The minimum atomic E-state index is -0.759. The second-order valence-corrected chi connectivity index (χ2v) is 11.5. The lowest BCUT2D eigenvalue weighted by molar-refractivity contribution is -0.113. The van der Waals surface area contributed by atoms with Crippen LogP contribution in [-0.2, 0) is 4.79 Å². The molecule has 0 saturated heterocycles. The molecule has 1 N–H and O–H groups in total. The first-order chi connectivity index (χ1) is 19.4. The lowest BCUT2D eigenvalue weighted by Gasteiger charge is -2.26. The van der Waals surface area contributed by atoms with Crippen LogP contribution < -0.4 is 20.2 Å². The highest BCUT2D eigenvalue weighted by atomic mass is 79.9. The topological polar surface area (TPSA) is 76.6 Å². The zero-order valence-electron chi connectivity index (χ0n) is 21.1. The van der Waals surface area contributed by atoms with Crippen LogP contribution in [0.5, 0.6) is 0 Å². The molecule has 5 aromatic rings. The molecule has 198 valence electrons. The van der Waals surface area contributed by atoms with Gasteiger partial charge in [-0.3, -0.25) is 14.2 Å². The van der Waals surface area contributed by atoms with Gasteiger partial charge in [0.1, 0.15) is 11.5 Å². The first-order valence-electron chi connectivity index (χ1n) is 12.4. The van der Waals surface area contributed by atoms with Gasteiger partial charge in [0.25, 0.3) is 11.5 Å². The molecule has 40 heavy (non-hydrogen) atoms. The Hall–Kier alpha value is -3.98. The summed E-state index contributed by atoms with van der Waals surface area (Å²) in [6.07, 6.45) is 1.71. The molecule has 3 aromatic carbocycles. The third kappa shape index (κ3) is 5.01. The molecule has 0 fully saturated rings. The average Bonchev–Trinajstić information content (AvgIpc) is 3.53. The number of carbonyl (C=O) groups is 1. The fourth-order valence-electron chi connectivity index (χ4n) is 4.65. The van der Waals surface area contributed by atoms with Gasteiger partial charge in [0.2, 0.25) is 0 Å². The Bertz CT molecular complexity index is 1960. The molecule has 6 nitrogen and oxygen atoms in total. The maximum atomic E-state index is 13.9. The summed E-state index contributed by atoms with van der Waals surface area (Å²) in [5.41, 5.74) is 2.79. The molecule has 3 heterocycles. The van der Waals surface area contributed by atoms with Crippen LogP contribution in [-0.4, -0.2) is 10.5 Å². The molecule has 1 atom stereocenters. The van der Waals surface area contributed by atoms with Crippen molar-refractivity contribution in [3.05, 3.63) is 143 Å². The van der Waals surface area contributed by atoms with Gasteiger partial charge in [-0.25, -0.2) is 4.99 Å². The molecule has 1 unspecified atom stereocenters. The summed E-state index contributed by atoms with van der Waals surface area (Å²) in [5, 5.41) is 3.39. The summed E-state index contributed by atoms with van der Waals surface area (Å²) < 4.78 is 9.00. The van der Waals surface area contributed by atoms with Crippen molar-refractivity contribution in [2.45, 2.75) is 13.0 Å². The summed E-state index contributed by atoms with van der Waals surface area (Å²) in [4.78, 5) is 32.7. The molecule has 0 aliphatic carbocycles. The Morgan fingerprint density at radius 3 is 2.50 bits per heavy atom. The van der Waals surface area contributed by atoms with E-state index >= 15 is 0 Å². The van der Waals surface area contributed by atoms with E-state index in [1.165, 1.54) is 11.3 Å². The second kappa shape index (κ2) is 10.9. The second-order valence-electron chi connectivity index (χ2n) is 9.13. The van der Waals surface area contributed by atoms with Gasteiger partial charge in [-0.1, -0.05) is 87.4 Å². The molecule has 0 spiro atoms. The van der Waals surface area contributed by atoms with Crippen LogP contribution in [0.1, 0.15) is 24.3 Å². The number of hydrogen-bond acceptors (Lipinski definition) is 5. The Kier molecular flexibility index (Phi) is 7.14. The van der Waals surface area contributed by atoms with Gasteiger partial charge in [0, 0.05) is 26.8 Å². The lowest BCUT2D eigenvalue weighted by Crippen LogP contribution is -2.40. The van der Waals surface area contributed by atoms with E-state index in [4.69, 9.17) is 16.0 Å². The number of amides is 1. The van der Waals surface area contributed by atoms with Crippen molar-refractivity contribution >= 4 is 56.5 Å². The highest BCUT2D eigenvalue weighted by Crippen LogP contribution is 2.34. The molecule has 1 amide bonds. The minimum Gasteiger partial charge on any atom is -0.457 e. The predicted octanol–water partition coefficient (Wildman–Crippen LogP) is 6.55. The number of halogens is 2. The van der Waals surface area contributed by atoms with E-state index < -0.39 is 6.04 Å². The Balaban J connectivity index is 1.46. The number of fused-ring (bicyclic) bond motifs is 1. The smallest absolute Gasteiger partial charge is 0.271 e. The van der Waals surface area contributed by atoms with E-state index in [9.17, 15) is 9.59 Å². The van der Waals surface area contributed by atoms with Gasteiger partial charge in [-0.2, -0.15) is 0 Å². The summed E-state index contributed by atoms with van der Waals surface area (Å²) in [7, 11) is 0. The maximum Gasteiger partial charge on any atom is 0.271 e. The molecule has 0 bridgehead atoms. The van der Waals surface area contributed by atoms with Crippen LogP contribution in [0.3, 0.4) is 0 Å². The van der Waals surface area contributed by atoms with Crippen LogP contribution in [0, 0.1) is 0 Å². The van der Waals surface area contributed by atoms with Gasteiger partial charge in [-0.05, 0) is 55.0 Å². The van der Waals surface area contributed by atoms with Crippen molar-refractivity contribution in [2.75, 3.05) is 5.32 Å². The number of nitrogens with one attached hydrogen (secondary N) is 1. The van der Waals surface area contributed by atoms with Gasteiger partial charge >= 0.3 is 0 Å². The average molecular weight is 631 g/mol. The van der Waals surface area contributed by atoms with E-state index in [0.29, 0.717) is 48.4 Å². The van der Waals surface area contributed by atoms with Crippen LogP contribution >= 0.6 is 38.9 Å². The summed E-state index contributed by atoms with van der Waals surface area (Å²) in [6, 6.07) is 27.1. The number of anilines is 1. The van der Waals surface area contributed by atoms with Crippen molar-refractivity contribution in [1.82, 2.24) is 4.57 Å². The number of carbonyl (C=O) groups excluding carboxylic acids is 1. The molecule has 0 saturated carbocycles. The van der Waals surface area contributed by atoms with E-state index in [-0.39, 0.29) is 11.5 Å². The number of rotatable bonds is 5. The molecule has 6 rings (SSSR count). The van der Waals surface area contributed by atoms with Gasteiger partial charge in [0.05, 0.1) is 21.8 Å². The van der Waals surface area contributed by atoms with Crippen molar-refractivity contribution < 1.29 is 9.21 Å². The van der Waals surface area contributed by atoms with Crippen LogP contribution in [0.2, 0.25) is 5.02 Å². The lowest BCUT2D eigenvalue weighted by atomic mass is 9.95. The normalized spacial score (nSPS) is 15.1. The van der Waals surface area contributed by atoms with Crippen LogP contribution in [0.25, 0.3) is 17.4 Å². The third-order valence-corrected chi connectivity index (χ3v) is 8.38. The number of thiazole rings is 1. The zero-order chi connectivity index (χ0) is 27.8. The fourth-order valence-corrected chi connectivity index (χ4v) is 6.18. The molecule has 1 aliphatic rings. The number of allylic oxidation sites excluding steroid dienone is 1. The summed E-state index contributed by atoms with van der Waals surface area (Å²) in [5.74, 6) is 0.878. The zero-order valence-corrected chi connectivity index (χ0v) is 24.3. The Morgan fingerprint density at radius 2 is 1.75 bits per heavy atom. The first kappa shape index (κ1) is 26.3. The molecule has 2 aromatic heterocycles. The molecule has 9 heteroatoms. The monoisotopic (exact) mass is 629 g/mol. The van der Waals surface area contributed by atoms with Crippen molar-refractivity contribution in [3.63, 3.8) is 0 Å². The van der Waals surface area contributed by atoms with Crippen LogP contribution in [0.4, 0.5) is 5.69 Å². The van der Waals surface area contributed by atoms with E-state index in [0.717, 1.165) is 10.0 Å². The highest BCUT2D eigenvalue weighted by molar-refractivity contribution is 9.10. The van der Waals surface area contributed by atoms with E-state index in [2.05, 4.69) is 26.2 Å². The summed E-state index contributed by atoms with van der Waals surface area (Å²) in [6.45, 7) is 1.78. The minimum absolute atomic E-state index is 0.284. The van der Waals surface area contributed by atoms with E-state index in [1.54, 1.807) is 35.8 Å². The predicted molar refractivity (Wildman–Crippen MR) is 162 cm³/mol. The number of benzene rings is 3. The number of para-hydroxylation sites is 1. The SMILES string of the molecule is CC1=C(C(=O)Nc2ccccc2)C(c2ccccc2Cl)n2c(sc(=Cc3ccc(-c4ccc(Br)cc4)o3)c2=O)=N1. The largest absolute Gasteiger partial charge is 0.457 e. The molecular formula is C31H21BrClN3O3S. The van der Waals surface area contributed by atoms with Crippen molar-refractivity contribution in [3.8, 4) is 11.3 Å². The van der Waals surface area contributed by atoms with Crippen molar-refractivity contribution in [1.29, 1.82) is 0 Å². The van der Waals surface area contributed by atoms with Crippen LogP contribution in [0.15, 0.2) is 121 Å². The molecule has 0 radical (unpaired) electrons. The van der Waals surface area contributed by atoms with Gasteiger partial charge in [0.15, 0.2) is 4.80 Å². The Labute approximate surface area is 246 Å². The van der Waals surface area contributed by atoms with E-state index in [1.807, 2.05) is 72.8 Å². The summed E-state index contributed by atoms with van der Waals surface area (Å²) >= 11 is 11.3.